The lowest BCUT2D eigenvalue weighted by atomic mass is 9.97. The molecule has 0 saturated carbocycles. The number of aliphatic hydroxyl groups is 5. The second kappa shape index (κ2) is 13.7. The number of amides is 1. The molecular weight excluding hydrogens is 751 g/mol. The van der Waals surface area contributed by atoms with Gasteiger partial charge in [0, 0.05) is 41.7 Å². The van der Waals surface area contributed by atoms with Gasteiger partial charge in [-0.05, 0) is 80.6 Å². The topological polar surface area (TPSA) is 156 Å². The van der Waals surface area contributed by atoms with Crippen LogP contribution in [0, 0.1) is 10.7 Å². The van der Waals surface area contributed by atoms with Crippen molar-refractivity contribution < 1.29 is 39.9 Å². The van der Waals surface area contributed by atoms with Crippen LogP contribution in [-0.4, -0.2) is 82.1 Å². The van der Waals surface area contributed by atoms with Crippen molar-refractivity contribution in [2.75, 3.05) is 31.8 Å². The molecule has 0 aliphatic carbocycles. The Bertz CT molecular complexity index is 780. The number of aliphatic hydroxyl groups excluding tert-OH is 5. The summed E-state index contributed by atoms with van der Waals surface area (Å²) in [6.45, 7) is -1.72. The minimum atomic E-state index is -1.05. The fourth-order valence-corrected chi connectivity index (χ4v) is 7.79. The summed E-state index contributed by atoms with van der Waals surface area (Å²) in [5.74, 6) is -1.36. The standard InChI is InChI=1S/C19H24I3NO8/c1-23(13(31)8-26)19-17(21)14(11(29)4-2-9(27)6-24)16(20)15(18(19)22)12(30)5-3-10(28)7-25/h9-10,24-28H,2-8H2,1H3. The number of carbonyl (C=O) groups is 3. The Labute approximate surface area is 220 Å². The van der Waals surface area contributed by atoms with Crippen LogP contribution in [0.2, 0.25) is 0 Å². The third kappa shape index (κ3) is 7.51. The normalized spacial score (nSPS) is 13.1. The average molecular weight is 775 g/mol. The van der Waals surface area contributed by atoms with Crippen LogP contribution in [0.3, 0.4) is 0 Å². The molecule has 0 spiro atoms. The highest BCUT2D eigenvalue weighted by Crippen LogP contribution is 2.39. The summed E-state index contributed by atoms with van der Waals surface area (Å²) >= 11 is 5.72. The highest BCUT2D eigenvalue weighted by molar-refractivity contribution is 14.1. The molecular formula is C19H24I3NO8. The molecule has 174 valence electrons. The largest absolute Gasteiger partial charge is 0.394 e. The molecule has 1 aromatic carbocycles. The van der Waals surface area contributed by atoms with Gasteiger partial charge in [-0.25, -0.2) is 0 Å². The Hall–Kier alpha value is 0.0200. The van der Waals surface area contributed by atoms with E-state index < -0.39 is 37.9 Å². The van der Waals surface area contributed by atoms with Crippen molar-refractivity contribution in [3.63, 3.8) is 0 Å². The Morgan fingerprint density at radius 2 is 1.19 bits per heavy atom. The molecule has 0 aliphatic rings. The Balaban J connectivity index is 3.59. The first-order valence-corrected chi connectivity index (χ1v) is 12.5. The molecule has 0 bridgehead atoms. The van der Waals surface area contributed by atoms with Crippen molar-refractivity contribution in [2.45, 2.75) is 37.9 Å². The second-order valence-electron chi connectivity index (χ2n) is 6.75. The van der Waals surface area contributed by atoms with Gasteiger partial charge in [0.1, 0.15) is 6.61 Å². The molecule has 2 atom stereocenters. The third-order valence-corrected chi connectivity index (χ3v) is 7.71. The maximum absolute atomic E-state index is 13.0. The first kappa shape index (κ1) is 29.1. The van der Waals surface area contributed by atoms with Gasteiger partial charge in [0.05, 0.1) is 31.1 Å². The van der Waals surface area contributed by atoms with E-state index in [-0.39, 0.29) is 48.4 Å². The monoisotopic (exact) mass is 775 g/mol. The van der Waals surface area contributed by atoms with Crippen LogP contribution in [0.15, 0.2) is 0 Å². The minimum Gasteiger partial charge on any atom is -0.394 e. The van der Waals surface area contributed by atoms with E-state index in [0.717, 1.165) is 0 Å². The fraction of sp³-hybridized carbons (Fsp3) is 0.526. The van der Waals surface area contributed by atoms with Crippen LogP contribution in [0.5, 0.6) is 0 Å². The number of halogens is 3. The van der Waals surface area contributed by atoms with E-state index in [1.807, 2.05) is 67.8 Å². The van der Waals surface area contributed by atoms with Gasteiger partial charge in [-0.2, -0.15) is 0 Å². The van der Waals surface area contributed by atoms with E-state index >= 15 is 0 Å². The van der Waals surface area contributed by atoms with Crippen LogP contribution in [-0.2, 0) is 4.79 Å². The summed E-state index contributed by atoms with van der Waals surface area (Å²) in [6, 6.07) is 0. The summed E-state index contributed by atoms with van der Waals surface area (Å²) in [7, 11) is 1.43. The zero-order valence-corrected chi connectivity index (χ0v) is 23.1. The summed E-state index contributed by atoms with van der Waals surface area (Å²) in [5.41, 5.74) is 0.730. The molecule has 0 fully saturated rings. The van der Waals surface area contributed by atoms with Gasteiger partial charge in [0.15, 0.2) is 11.6 Å². The van der Waals surface area contributed by atoms with Gasteiger partial charge in [-0.3, -0.25) is 14.4 Å². The van der Waals surface area contributed by atoms with Crippen LogP contribution >= 0.6 is 67.8 Å². The first-order valence-electron chi connectivity index (χ1n) is 9.23. The number of likely N-dealkylation sites (N-methyl/N-ethyl adjacent to an activating group) is 1. The molecule has 2 unspecified atom stereocenters. The number of Topliss-reactive ketones (excluding diaryl/α,β-unsaturated/α-hetero) is 2. The van der Waals surface area contributed by atoms with Crippen molar-refractivity contribution in [1.29, 1.82) is 0 Å². The smallest absolute Gasteiger partial charge is 0.252 e. The highest BCUT2D eigenvalue weighted by Gasteiger charge is 2.30. The molecule has 12 heteroatoms. The fourth-order valence-electron chi connectivity index (χ4n) is 2.69. The zero-order valence-electron chi connectivity index (χ0n) is 16.6. The molecule has 1 amide bonds. The number of anilines is 1. The van der Waals surface area contributed by atoms with Crippen LogP contribution in [0.4, 0.5) is 5.69 Å². The maximum atomic E-state index is 13.0. The molecule has 1 aromatic rings. The van der Waals surface area contributed by atoms with E-state index in [2.05, 4.69) is 0 Å². The second-order valence-corrected chi connectivity index (χ2v) is 9.98. The van der Waals surface area contributed by atoms with Crippen molar-refractivity contribution in [2.24, 2.45) is 0 Å². The number of hydrogen-bond donors (Lipinski definition) is 5. The molecule has 5 N–H and O–H groups in total. The minimum absolute atomic E-state index is 0.0280. The molecule has 0 radical (unpaired) electrons. The summed E-state index contributed by atoms with van der Waals surface area (Å²) in [5, 5.41) is 46.4. The average Bonchev–Trinajstić information content (AvgIpc) is 2.74. The predicted octanol–water partition coefficient (Wildman–Crippen LogP) is 1.09. The van der Waals surface area contributed by atoms with Crippen LogP contribution < -0.4 is 4.90 Å². The van der Waals surface area contributed by atoms with Gasteiger partial charge in [0.2, 0.25) is 0 Å². The highest BCUT2D eigenvalue weighted by atomic mass is 127. The van der Waals surface area contributed by atoms with E-state index in [1.165, 1.54) is 11.9 Å². The summed E-state index contributed by atoms with van der Waals surface area (Å²) in [6.07, 6.45) is -2.21. The Kier molecular flexibility index (Phi) is 12.8. The van der Waals surface area contributed by atoms with E-state index in [1.54, 1.807) is 0 Å². The van der Waals surface area contributed by atoms with Gasteiger partial charge in [-0.15, -0.1) is 0 Å². The maximum Gasteiger partial charge on any atom is 0.252 e. The van der Waals surface area contributed by atoms with Gasteiger partial charge in [0.25, 0.3) is 5.91 Å². The van der Waals surface area contributed by atoms with Crippen LogP contribution in [0.1, 0.15) is 46.4 Å². The molecule has 1 rings (SSSR count). The SMILES string of the molecule is CN(C(=O)CO)c1c(I)c(C(=O)CCC(O)CO)c(I)c(C(=O)CCC(O)CO)c1I. The molecule has 0 aromatic heterocycles. The van der Waals surface area contributed by atoms with Gasteiger partial charge >= 0.3 is 0 Å². The number of ketones is 2. The van der Waals surface area contributed by atoms with E-state index in [4.69, 9.17) is 10.2 Å². The molecule has 0 saturated heterocycles. The quantitative estimate of drug-likeness (QED) is 0.156. The number of rotatable bonds is 12. The number of benzene rings is 1. The number of nitrogens with zero attached hydrogens (tertiary/aromatic N) is 1. The van der Waals surface area contributed by atoms with Crippen molar-refractivity contribution in [1.82, 2.24) is 0 Å². The van der Waals surface area contributed by atoms with Crippen LogP contribution in [0.25, 0.3) is 0 Å². The molecule has 9 nitrogen and oxygen atoms in total. The van der Waals surface area contributed by atoms with Crippen molar-refractivity contribution in [3.8, 4) is 0 Å². The van der Waals surface area contributed by atoms with Gasteiger partial charge < -0.3 is 30.4 Å². The van der Waals surface area contributed by atoms with Crippen molar-refractivity contribution in [3.05, 3.63) is 21.8 Å². The van der Waals surface area contributed by atoms with E-state index in [0.29, 0.717) is 16.4 Å². The molecule has 0 heterocycles. The number of hydrogen-bond acceptors (Lipinski definition) is 8. The zero-order chi connectivity index (χ0) is 23.9. The van der Waals surface area contributed by atoms with Crippen molar-refractivity contribution >= 4 is 90.9 Å². The lowest BCUT2D eigenvalue weighted by Gasteiger charge is -2.24. The predicted molar refractivity (Wildman–Crippen MR) is 138 cm³/mol. The van der Waals surface area contributed by atoms with Gasteiger partial charge in [-0.1, -0.05) is 0 Å². The summed E-state index contributed by atoms with van der Waals surface area (Å²) < 4.78 is 1.23. The molecule has 0 aliphatic heterocycles. The lowest BCUT2D eigenvalue weighted by Crippen LogP contribution is -2.32. The first-order chi connectivity index (χ1) is 14.5. The van der Waals surface area contributed by atoms with E-state index in [9.17, 15) is 29.7 Å². The third-order valence-electron chi connectivity index (χ3n) is 4.53. The Morgan fingerprint density at radius 1 is 0.806 bits per heavy atom. The molecule has 31 heavy (non-hydrogen) atoms. The Morgan fingerprint density at radius 3 is 1.52 bits per heavy atom. The number of carbonyl (C=O) groups excluding carboxylic acids is 3. The lowest BCUT2D eigenvalue weighted by molar-refractivity contribution is -0.121. The summed E-state index contributed by atoms with van der Waals surface area (Å²) in [4.78, 5) is 39.3.